The molecule has 22 heavy (non-hydrogen) atoms. The number of anilines is 1. The molecule has 1 aromatic carbocycles. The third kappa shape index (κ3) is 3.84. The smallest absolute Gasteiger partial charge is 0.252 e. The van der Waals surface area contributed by atoms with Gasteiger partial charge in [0.05, 0.1) is 23.4 Å². The van der Waals surface area contributed by atoms with Gasteiger partial charge >= 0.3 is 0 Å². The second-order valence-electron chi connectivity index (χ2n) is 6.01. The van der Waals surface area contributed by atoms with Gasteiger partial charge in [-0.2, -0.15) is 0 Å². The lowest BCUT2D eigenvalue weighted by Gasteiger charge is -2.33. The summed E-state index contributed by atoms with van der Waals surface area (Å²) in [7, 11) is 5.77. The third-order valence-corrected chi connectivity index (χ3v) is 4.65. The molecule has 3 N–H and O–H groups in total. The van der Waals surface area contributed by atoms with E-state index in [1.807, 2.05) is 0 Å². The van der Waals surface area contributed by atoms with E-state index in [4.69, 9.17) is 22.1 Å². The number of nitrogens with two attached hydrogens (primary N) is 1. The first-order valence-electron chi connectivity index (χ1n) is 7.52. The molecular formula is C16H24ClN3O2. The fourth-order valence-electron chi connectivity index (χ4n) is 2.98. The van der Waals surface area contributed by atoms with Crippen molar-refractivity contribution in [1.82, 2.24) is 4.90 Å². The van der Waals surface area contributed by atoms with Crippen molar-refractivity contribution in [3.8, 4) is 5.75 Å². The van der Waals surface area contributed by atoms with Gasteiger partial charge in [-0.3, -0.25) is 4.79 Å². The van der Waals surface area contributed by atoms with E-state index in [1.54, 1.807) is 12.1 Å². The predicted molar refractivity (Wildman–Crippen MR) is 89.9 cm³/mol. The molecule has 0 bridgehead atoms. The van der Waals surface area contributed by atoms with Gasteiger partial charge < -0.3 is 20.7 Å². The number of amides is 1. The van der Waals surface area contributed by atoms with E-state index >= 15 is 0 Å². The molecule has 0 heterocycles. The van der Waals surface area contributed by atoms with Gasteiger partial charge in [-0.05, 0) is 45.8 Å². The first-order valence-corrected chi connectivity index (χ1v) is 7.90. The summed E-state index contributed by atoms with van der Waals surface area (Å²) in [4.78, 5) is 13.7. The van der Waals surface area contributed by atoms with E-state index < -0.39 is 5.91 Å². The zero-order chi connectivity index (χ0) is 16.3. The van der Waals surface area contributed by atoms with E-state index in [0.29, 0.717) is 28.4 Å². The quantitative estimate of drug-likeness (QED) is 0.873. The second kappa shape index (κ2) is 7.20. The molecule has 122 valence electrons. The molecule has 0 aromatic heterocycles. The number of benzene rings is 1. The standard InChI is InChI=1S/C16H24ClN3O2/c1-20(2)11-6-4-10(5-7-11)19-14-9-15(22-3)12(16(18)21)8-13(14)17/h8-11,19H,4-7H2,1-3H3,(H2,18,21). The Morgan fingerprint density at radius 1 is 1.32 bits per heavy atom. The molecule has 0 atom stereocenters. The molecule has 1 amide bonds. The molecule has 6 heteroatoms. The van der Waals surface area contributed by atoms with Crippen LogP contribution < -0.4 is 15.8 Å². The van der Waals surface area contributed by atoms with Gasteiger partial charge in [0.2, 0.25) is 0 Å². The fraction of sp³-hybridized carbons (Fsp3) is 0.562. The van der Waals surface area contributed by atoms with Crippen LogP contribution in [0.5, 0.6) is 5.75 Å². The lowest BCUT2D eigenvalue weighted by molar-refractivity contribution is 0.0997. The van der Waals surface area contributed by atoms with E-state index in [2.05, 4.69) is 24.3 Å². The van der Waals surface area contributed by atoms with Gasteiger partial charge in [-0.25, -0.2) is 0 Å². The molecule has 1 aliphatic rings. The van der Waals surface area contributed by atoms with Crippen LogP contribution in [-0.4, -0.2) is 44.1 Å². The number of hydrogen-bond acceptors (Lipinski definition) is 4. The molecule has 0 unspecified atom stereocenters. The highest BCUT2D eigenvalue weighted by atomic mass is 35.5. The Labute approximate surface area is 136 Å². The molecule has 0 radical (unpaired) electrons. The zero-order valence-electron chi connectivity index (χ0n) is 13.4. The zero-order valence-corrected chi connectivity index (χ0v) is 14.1. The van der Waals surface area contributed by atoms with Crippen molar-refractivity contribution < 1.29 is 9.53 Å². The minimum Gasteiger partial charge on any atom is -0.496 e. The number of methoxy groups -OCH3 is 1. The van der Waals surface area contributed by atoms with Crippen LogP contribution in [0.3, 0.4) is 0 Å². The molecule has 5 nitrogen and oxygen atoms in total. The van der Waals surface area contributed by atoms with E-state index in [-0.39, 0.29) is 0 Å². The Bertz CT molecular complexity index is 540. The Morgan fingerprint density at radius 2 is 1.95 bits per heavy atom. The second-order valence-corrected chi connectivity index (χ2v) is 6.42. The summed E-state index contributed by atoms with van der Waals surface area (Å²) >= 11 is 6.27. The summed E-state index contributed by atoms with van der Waals surface area (Å²) in [6.45, 7) is 0. The van der Waals surface area contributed by atoms with Crippen LogP contribution in [0.4, 0.5) is 5.69 Å². The van der Waals surface area contributed by atoms with E-state index in [1.165, 1.54) is 20.0 Å². The number of carbonyl (C=O) groups is 1. The highest BCUT2D eigenvalue weighted by Gasteiger charge is 2.23. The molecule has 1 aromatic rings. The SMILES string of the molecule is COc1cc(NC2CCC(N(C)C)CC2)c(Cl)cc1C(N)=O. The maximum Gasteiger partial charge on any atom is 0.252 e. The number of rotatable bonds is 5. The average Bonchev–Trinajstić information content (AvgIpc) is 2.49. The van der Waals surface area contributed by atoms with Crippen LogP contribution >= 0.6 is 11.6 Å². The van der Waals surface area contributed by atoms with Gasteiger partial charge in [0.15, 0.2) is 0 Å². The maximum absolute atomic E-state index is 11.4. The number of nitrogens with zero attached hydrogens (tertiary/aromatic N) is 1. The molecule has 1 aliphatic carbocycles. The summed E-state index contributed by atoms with van der Waals surface area (Å²) < 4.78 is 5.23. The number of carbonyl (C=O) groups excluding carboxylic acids is 1. The summed E-state index contributed by atoms with van der Waals surface area (Å²) in [5.41, 5.74) is 6.42. The minimum absolute atomic E-state index is 0.300. The normalized spacial score (nSPS) is 21.7. The van der Waals surface area contributed by atoms with Crippen molar-refractivity contribution in [2.45, 2.75) is 37.8 Å². The molecule has 0 aliphatic heterocycles. The van der Waals surface area contributed by atoms with Crippen molar-refractivity contribution in [3.63, 3.8) is 0 Å². The Morgan fingerprint density at radius 3 is 2.45 bits per heavy atom. The van der Waals surface area contributed by atoms with Crippen molar-refractivity contribution in [1.29, 1.82) is 0 Å². The largest absolute Gasteiger partial charge is 0.496 e. The van der Waals surface area contributed by atoms with Gasteiger partial charge in [0.1, 0.15) is 5.75 Å². The topological polar surface area (TPSA) is 67.6 Å². The molecular weight excluding hydrogens is 302 g/mol. The van der Waals surface area contributed by atoms with Crippen LogP contribution in [0.2, 0.25) is 5.02 Å². The molecule has 0 saturated heterocycles. The Hall–Kier alpha value is -1.46. The molecule has 1 fully saturated rings. The predicted octanol–water partition coefficient (Wildman–Crippen LogP) is 2.73. The van der Waals surface area contributed by atoms with Crippen LogP contribution in [0.15, 0.2) is 12.1 Å². The summed E-state index contributed by atoms with van der Waals surface area (Å²) in [5.74, 6) is -0.0989. The first kappa shape index (κ1) is 16.9. The summed E-state index contributed by atoms with van der Waals surface area (Å²) in [5, 5.41) is 3.96. The van der Waals surface area contributed by atoms with E-state index in [9.17, 15) is 4.79 Å². The number of halogens is 1. The van der Waals surface area contributed by atoms with Gasteiger partial charge in [0.25, 0.3) is 5.91 Å². The van der Waals surface area contributed by atoms with Crippen molar-refractivity contribution in [3.05, 3.63) is 22.7 Å². The monoisotopic (exact) mass is 325 g/mol. The van der Waals surface area contributed by atoms with Gasteiger partial charge in [-0.15, -0.1) is 0 Å². The average molecular weight is 326 g/mol. The van der Waals surface area contributed by atoms with Crippen molar-refractivity contribution in [2.75, 3.05) is 26.5 Å². The van der Waals surface area contributed by atoms with Crippen molar-refractivity contribution in [2.24, 2.45) is 5.73 Å². The summed E-state index contributed by atoms with van der Waals surface area (Å²) in [6, 6.07) is 4.36. The third-order valence-electron chi connectivity index (χ3n) is 4.34. The number of ether oxygens (including phenoxy) is 1. The summed E-state index contributed by atoms with van der Waals surface area (Å²) in [6.07, 6.45) is 4.52. The van der Waals surface area contributed by atoms with Gasteiger partial charge in [-0.1, -0.05) is 11.6 Å². The van der Waals surface area contributed by atoms with E-state index in [0.717, 1.165) is 18.5 Å². The lowest BCUT2D eigenvalue weighted by atomic mass is 9.90. The molecule has 0 spiro atoms. The van der Waals surface area contributed by atoms with Crippen molar-refractivity contribution >= 4 is 23.2 Å². The van der Waals surface area contributed by atoms with Crippen LogP contribution in [-0.2, 0) is 0 Å². The number of primary amides is 1. The number of hydrogen-bond donors (Lipinski definition) is 2. The molecule has 1 saturated carbocycles. The lowest BCUT2D eigenvalue weighted by Crippen LogP contribution is -2.36. The van der Waals surface area contributed by atoms with Gasteiger partial charge in [0, 0.05) is 18.2 Å². The fourth-order valence-corrected chi connectivity index (χ4v) is 3.20. The van der Waals surface area contributed by atoms with Crippen LogP contribution in [0, 0.1) is 0 Å². The highest BCUT2D eigenvalue weighted by Crippen LogP contribution is 2.33. The Balaban J connectivity index is 2.09. The molecule has 2 rings (SSSR count). The highest BCUT2D eigenvalue weighted by molar-refractivity contribution is 6.33. The van der Waals surface area contributed by atoms with Crippen LogP contribution in [0.1, 0.15) is 36.0 Å². The maximum atomic E-state index is 11.4. The minimum atomic E-state index is -0.545. The number of nitrogens with one attached hydrogen (secondary N) is 1. The first-order chi connectivity index (χ1) is 10.4. The Kier molecular flexibility index (Phi) is 5.53. The van der Waals surface area contributed by atoms with Crippen LogP contribution in [0.25, 0.3) is 0 Å².